The molecule has 0 atom stereocenters. The molecule has 1 aliphatic rings. The minimum Gasteiger partial charge on any atom is -0.378 e. The summed E-state index contributed by atoms with van der Waals surface area (Å²) in [5, 5.41) is 0. The lowest BCUT2D eigenvalue weighted by Crippen LogP contribution is -2.40. The highest BCUT2D eigenvalue weighted by atomic mass is 16.5. The quantitative estimate of drug-likeness (QED) is 0.852. The highest BCUT2D eigenvalue weighted by Crippen LogP contribution is 2.22. The van der Waals surface area contributed by atoms with Crippen LogP contribution < -0.4 is 0 Å². The summed E-state index contributed by atoms with van der Waals surface area (Å²) in [5.41, 5.74) is 2.58. The molecule has 0 spiro atoms. The van der Waals surface area contributed by atoms with Gasteiger partial charge in [-0.2, -0.15) is 0 Å². The lowest BCUT2D eigenvalue weighted by molar-refractivity contribution is 0.0304. The molecule has 5 nitrogen and oxygen atoms in total. The molecule has 2 aromatic rings. The van der Waals surface area contributed by atoms with Gasteiger partial charge in [0.25, 0.3) is 5.91 Å². The van der Waals surface area contributed by atoms with Gasteiger partial charge in [0.15, 0.2) is 0 Å². The fourth-order valence-corrected chi connectivity index (χ4v) is 3.07. The Morgan fingerprint density at radius 3 is 2.87 bits per heavy atom. The number of fused-ring (bicyclic) bond motifs is 1. The normalized spacial score (nSPS) is 15.5. The summed E-state index contributed by atoms with van der Waals surface area (Å²) in [7, 11) is 0. The van der Waals surface area contributed by atoms with Gasteiger partial charge in [-0.3, -0.25) is 9.78 Å². The monoisotopic (exact) mass is 315 g/mol. The van der Waals surface area contributed by atoms with E-state index < -0.39 is 0 Å². The minimum atomic E-state index is 0.0691. The van der Waals surface area contributed by atoms with Gasteiger partial charge in [-0.05, 0) is 30.9 Å². The van der Waals surface area contributed by atoms with Gasteiger partial charge >= 0.3 is 0 Å². The smallest absolute Gasteiger partial charge is 0.257 e. The first-order valence-corrected chi connectivity index (χ1v) is 8.47. The molecule has 0 bridgehead atoms. The van der Waals surface area contributed by atoms with E-state index in [0.29, 0.717) is 37.8 Å². The third kappa shape index (κ3) is 3.55. The summed E-state index contributed by atoms with van der Waals surface area (Å²) >= 11 is 0. The van der Waals surface area contributed by atoms with Crippen molar-refractivity contribution in [1.29, 1.82) is 0 Å². The standard InChI is InChI=1S/C18H25N3O2/c1-14(2)5-4-8-21-13-15(17-16(21)6-3-7-19-17)18(22)20-9-11-23-12-10-20/h3,6-7,13-14H,4-5,8-12H2,1-2H3. The fourth-order valence-electron chi connectivity index (χ4n) is 3.07. The first-order chi connectivity index (χ1) is 11.2. The van der Waals surface area contributed by atoms with Gasteiger partial charge in [0, 0.05) is 32.0 Å². The van der Waals surface area contributed by atoms with Gasteiger partial charge in [-0.1, -0.05) is 13.8 Å². The molecule has 1 saturated heterocycles. The molecule has 0 N–H and O–H groups in total. The predicted octanol–water partition coefficient (Wildman–Crippen LogP) is 2.94. The number of pyridine rings is 1. The molecule has 0 aliphatic carbocycles. The first kappa shape index (κ1) is 16.0. The van der Waals surface area contributed by atoms with E-state index in [1.807, 2.05) is 23.2 Å². The number of hydrogen-bond acceptors (Lipinski definition) is 3. The molecule has 23 heavy (non-hydrogen) atoms. The van der Waals surface area contributed by atoms with Crippen LogP contribution in [0.1, 0.15) is 37.0 Å². The Morgan fingerprint density at radius 2 is 2.13 bits per heavy atom. The molecule has 124 valence electrons. The second-order valence-electron chi connectivity index (χ2n) is 6.55. The second-order valence-corrected chi connectivity index (χ2v) is 6.55. The number of ether oxygens (including phenoxy) is 1. The molecule has 3 rings (SSSR count). The van der Waals surface area contributed by atoms with Crippen molar-refractivity contribution in [2.24, 2.45) is 5.92 Å². The Morgan fingerprint density at radius 1 is 1.35 bits per heavy atom. The zero-order valence-corrected chi connectivity index (χ0v) is 14.0. The van der Waals surface area contributed by atoms with Crippen LogP contribution in [-0.2, 0) is 11.3 Å². The van der Waals surface area contributed by atoms with Gasteiger partial charge in [0.1, 0.15) is 5.52 Å². The molecule has 3 heterocycles. The van der Waals surface area contributed by atoms with Crippen molar-refractivity contribution in [2.75, 3.05) is 26.3 Å². The molecule has 1 fully saturated rings. The highest BCUT2D eigenvalue weighted by molar-refractivity contribution is 6.05. The van der Waals surface area contributed by atoms with Crippen LogP contribution >= 0.6 is 0 Å². The summed E-state index contributed by atoms with van der Waals surface area (Å²) < 4.78 is 7.52. The highest BCUT2D eigenvalue weighted by Gasteiger charge is 2.23. The zero-order chi connectivity index (χ0) is 16.2. The third-order valence-corrected chi connectivity index (χ3v) is 4.35. The van der Waals surface area contributed by atoms with Gasteiger partial charge in [0.05, 0.1) is 24.3 Å². The molecule has 1 aliphatic heterocycles. The largest absolute Gasteiger partial charge is 0.378 e. The number of aromatic nitrogens is 2. The Bertz CT molecular complexity index is 672. The van der Waals surface area contributed by atoms with Crippen LogP contribution in [0.4, 0.5) is 0 Å². The van der Waals surface area contributed by atoms with Gasteiger partial charge < -0.3 is 14.2 Å². The van der Waals surface area contributed by atoms with E-state index in [-0.39, 0.29) is 5.91 Å². The molecule has 1 amide bonds. The molecule has 0 saturated carbocycles. The van der Waals surface area contributed by atoms with Crippen LogP contribution in [0.5, 0.6) is 0 Å². The van der Waals surface area contributed by atoms with Crippen LogP contribution in [0.15, 0.2) is 24.5 Å². The van der Waals surface area contributed by atoms with Crippen molar-refractivity contribution in [3.8, 4) is 0 Å². The molecular formula is C18H25N3O2. The summed E-state index contributed by atoms with van der Waals surface area (Å²) in [6.45, 7) is 7.96. The maximum absolute atomic E-state index is 12.8. The number of hydrogen-bond donors (Lipinski definition) is 0. The van der Waals surface area contributed by atoms with Crippen molar-refractivity contribution < 1.29 is 9.53 Å². The van der Waals surface area contributed by atoms with E-state index in [4.69, 9.17) is 4.74 Å². The van der Waals surface area contributed by atoms with E-state index in [2.05, 4.69) is 23.4 Å². The number of carbonyl (C=O) groups is 1. The summed E-state index contributed by atoms with van der Waals surface area (Å²) in [5.74, 6) is 0.768. The van der Waals surface area contributed by atoms with Crippen LogP contribution in [0.2, 0.25) is 0 Å². The van der Waals surface area contributed by atoms with E-state index in [0.717, 1.165) is 24.0 Å². The van der Waals surface area contributed by atoms with Crippen LogP contribution in [0, 0.1) is 5.92 Å². The van der Waals surface area contributed by atoms with Crippen molar-refractivity contribution in [3.05, 3.63) is 30.1 Å². The third-order valence-electron chi connectivity index (χ3n) is 4.35. The Labute approximate surface area is 137 Å². The molecule has 2 aromatic heterocycles. The number of carbonyl (C=O) groups excluding carboxylic acids is 1. The maximum Gasteiger partial charge on any atom is 0.257 e. The average Bonchev–Trinajstić information content (AvgIpc) is 2.94. The van der Waals surface area contributed by atoms with Crippen molar-refractivity contribution in [1.82, 2.24) is 14.5 Å². The molecule has 0 unspecified atom stereocenters. The predicted molar refractivity (Wildman–Crippen MR) is 90.5 cm³/mol. The zero-order valence-electron chi connectivity index (χ0n) is 14.0. The van der Waals surface area contributed by atoms with Crippen LogP contribution in [-0.4, -0.2) is 46.7 Å². The Hall–Kier alpha value is -1.88. The average molecular weight is 315 g/mol. The van der Waals surface area contributed by atoms with E-state index in [1.165, 1.54) is 6.42 Å². The Kier molecular flexibility index (Phi) is 4.96. The molecule has 0 aromatic carbocycles. The topological polar surface area (TPSA) is 47.4 Å². The number of amides is 1. The van der Waals surface area contributed by atoms with Crippen molar-refractivity contribution >= 4 is 16.9 Å². The van der Waals surface area contributed by atoms with Gasteiger partial charge in [-0.15, -0.1) is 0 Å². The summed E-state index contributed by atoms with van der Waals surface area (Å²) in [6, 6.07) is 3.98. The van der Waals surface area contributed by atoms with Gasteiger partial charge in [0.2, 0.25) is 0 Å². The minimum absolute atomic E-state index is 0.0691. The van der Waals surface area contributed by atoms with Crippen molar-refractivity contribution in [2.45, 2.75) is 33.2 Å². The lowest BCUT2D eigenvalue weighted by atomic mass is 10.1. The SMILES string of the molecule is CC(C)CCCn1cc(C(=O)N2CCOCC2)c2ncccc21. The van der Waals surface area contributed by atoms with E-state index in [9.17, 15) is 4.79 Å². The van der Waals surface area contributed by atoms with E-state index in [1.54, 1.807) is 6.20 Å². The Balaban J connectivity index is 1.86. The lowest BCUT2D eigenvalue weighted by Gasteiger charge is -2.26. The number of nitrogens with zero attached hydrogens (tertiary/aromatic N) is 3. The number of morpholine rings is 1. The molecular weight excluding hydrogens is 290 g/mol. The van der Waals surface area contributed by atoms with Crippen LogP contribution in [0.25, 0.3) is 11.0 Å². The summed E-state index contributed by atoms with van der Waals surface area (Å²) in [4.78, 5) is 19.2. The number of aryl methyl sites for hydroxylation is 1. The molecule has 0 radical (unpaired) electrons. The first-order valence-electron chi connectivity index (χ1n) is 8.47. The van der Waals surface area contributed by atoms with Crippen molar-refractivity contribution in [3.63, 3.8) is 0 Å². The molecule has 5 heteroatoms. The summed E-state index contributed by atoms with van der Waals surface area (Å²) in [6.07, 6.45) is 6.04. The fraction of sp³-hybridized carbons (Fsp3) is 0.556. The second kappa shape index (κ2) is 7.13. The van der Waals surface area contributed by atoms with E-state index >= 15 is 0 Å². The number of rotatable bonds is 5. The van der Waals surface area contributed by atoms with Crippen LogP contribution in [0.3, 0.4) is 0 Å². The maximum atomic E-state index is 12.8. The van der Waals surface area contributed by atoms with Gasteiger partial charge in [-0.25, -0.2) is 0 Å².